The normalized spacial score (nSPS) is 10.8. The highest BCUT2D eigenvalue weighted by molar-refractivity contribution is 6.32. The fourth-order valence-corrected chi connectivity index (χ4v) is 3.39. The standard InChI is InChI=1S/C23H15Cl2NO5/c24-15-2-8-19-14(11-15)12-21(31-19)23(29)26-16-3-5-17(6-4-16)30-20-7-1-13(9-18(20)25)10-22(27)28/h1-9,11-12H,10H2,(H,26,29)(H,27,28). The molecule has 2 N–H and O–H groups in total. The third-order valence-electron chi connectivity index (χ3n) is 4.39. The predicted molar refractivity (Wildman–Crippen MR) is 118 cm³/mol. The molecule has 0 bridgehead atoms. The van der Waals surface area contributed by atoms with Crippen molar-refractivity contribution in [2.24, 2.45) is 0 Å². The molecule has 4 aromatic rings. The Morgan fingerprint density at radius 2 is 1.74 bits per heavy atom. The van der Waals surface area contributed by atoms with Gasteiger partial charge in [-0.3, -0.25) is 9.59 Å². The van der Waals surface area contributed by atoms with Crippen LogP contribution < -0.4 is 10.1 Å². The molecule has 0 aliphatic heterocycles. The van der Waals surface area contributed by atoms with Gasteiger partial charge in [-0.15, -0.1) is 0 Å². The lowest BCUT2D eigenvalue weighted by Gasteiger charge is -2.10. The number of carboxylic acids is 1. The number of aliphatic carboxylic acids is 1. The lowest BCUT2D eigenvalue weighted by molar-refractivity contribution is -0.136. The quantitative estimate of drug-likeness (QED) is 0.350. The van der Waals surface area contributed by atoms with Crippen molar-refractivity contribution in [1.29, 1.82) is 0 Å². The van der Waals surface area contributed by atoms with E-state index in [9.17, 15) is 9.59 Å². The first kappa shape index (κ1) is 20.8. The number of hydrogen-bond acceptors (Lipinski definition) is 4. The van der Waals surface area contributed by atoms with Crippen LogP contribution >= 0.6 is 23.2 Å². The molecule has 6 nitrogen and oxygen atoms in total. The topological polar surface area (TPSA) is 88.8 Å². The third kappa shape index (κ3) is 4.99. The number of nitrogens with one attached hydrogen (secondary N) is 1. The summed E-state index contributed by atoms with van der Waals surface area (Å²) in [6.45, 7) is 0. The first-order valence-electron chi connectivity index (χ1n) is 9.16. The van der Waals surface area contributed by atoms with Crippen molar-refractivity contribution in [3.63, 3.8) is 0 Å². The van der Waals surface area contributed by atoms with E-state index in [1.54, 1.807) is 66.7 Å². The smallest absolute Gasteiger partial charge is 0.307 e. The van der Waals surface area contributed by atoms with Gasteiger partial charge in [0, 0.05) is 16.1 Å². The van der Waals surface area contributed by atoms with Gasteiger partial charge in [0.2, 0.25) is 0 Å². The number of carbonyl (C=O) groups is 2. The van der Waals surface area contributed by atoms with Crippen LogP contribution in [0.4, 0.5) is 5.69 Å². The number of carbonyl (C=O) groups excluding carboxylic acids is 1. The van der Waals surface area contributed by atoms with Crippen LogP contribution in [0.5, 0.6) is 11.5 Å². The number of halogens is 2. The zero-order chi connectivity index (χ0) is 22.0. The van der Waals surface area contributed by atoms with E-state index >= 15 is 0 Å². The van der Waals surface area contributed by atoms with Crippen LogP contribution in [0.25, 0.3) is 11.0 Å². The Balaban J connectivity index is 1.43. The maximum Gasteiger partial charge on any atom is 0.307 e. The van der Waals surface area contributed by atoms with Gasteiger partial charge in [0.15, 0.2) is 5.76 Å². The van der Waals surface area contributed by atoms with E-state index in [1.165, 1.54) is 0 Å². The van der Waals surface area contributed by atoms with Crippen molar-refractivity contribution in [3.05, 3.63) is 88.1 Å². The molecule has 8 heteroatoms. The lowest BCUT2D eigenvalue weighted by atomic mass is 10.1. The monoisotopic (exact) mass is 455 g/mol. The van der Waals surface area contributed by atoms with Crippen molar-refractivity contribution < 1.29 is 23.8 Å². The van der Waals surface area contributed by atoms with Crippen LogP contribution in [0.2, 0.25) is 10.0 Å². The molecule has 0 saturated carbocycles. The summed E-state index contributed by atoms with van der Waals surface area (Å²) in [4.78, 5) is 23.3. The molecule has 0 atom stereocenters. The van der Waals surface area contributed by atoms with Crippen LogP contribution in [-0.2, 0) is 11.2 Å². The van der Waals surface area contributed by atoms with E-state index in [0.717, 1.165) is 5.39 Å². The van der Waals surface area contributed by atoms with E-state index in [4.69, 9.17) is 37.5 Å². The molecule has 31 heavy (non-hydrogen) atoms. The number of hydrogen-bond donors (Lipinski definition) is 2. The van der Waals surface area contributed by atoms with Crippen LogP contribution in [0.3, 0.4) is 0 Å². The summed E-state index contributed by atoms with van der Waals surface area (Å²) >= 11 is 12.1. The molecule has 4 rings (SSSR count). The van der Waals surface area contributed by atoms with Crippen LogP contribution in [0, 0.1) is 0 Å². The van der Waals surface area contributed by atoms with Gasteiger partial charge in [-0.25, -0.2) is 0 Å². The maximum atomic E-state index is 12.5. The Hall–Kier alpha value is -3.48. The van der Waals surface area contributed by atoms with Gasteiger partial charge in [-0.2, -0.15) is 0 Å². The van der Waals surface area contributed by atoms with Crippen LogP contribution in [0.1, 0.15) is 16.1 Å². The van der Waals surface area contributed by atoms with Gasteiger partial charge in [-0.1, -0.05) is 29.3 Å². The number of ether oxygens (including phenoxy) is 1. The van der Waals surface area contributed by atoms with Gasteiger partial charge >= 0.3 is 5.97 Å². The van der Waals surface area contributed by atoms with Gasteiger partial charge in [-0.05, 0) is 66.2 Å². The van der Waals surface area contributed by atoms with E-state index in [1.807, 2.05) is 0 Å². The Labute approximate surface area is 187 Å². The zero-order valence-electron chi connectivity index (χ0n) is 15.9. The SMILES string of the molecule is O=C(O)Cc1ccc(Oc2ccc(NC(=O)c3cc4cc(Cl)ccc4o3)cc2)c(Cl)c1. The molecule has 3 aromatic carbocycles. The average Bonchev–Trinajstić information content (AvgIpc) is 3.14. The molecule has 156 valence electrons. The molecule has 0 unspecified atom stereocenters. The molecular formula is C23H15Cl2NO5. The number of anilines is 1. The zero-order valence-corrected chi connectivity index (χ0v) is 17.4. The van der Waals surface area contributed by atoms with Gasteiger partial charge < -0.3 is 19.6 Å². The number of furan rings is 1. The van der Waals surface area contributed by atoms with Crippen LogP contribution in [-0.4, -0.2) is 17.0 Å². The minimum absolute atomic E-state index is 0.118. The Kier molecular flexibility index (Phi) is 5.84. The van der Waals surface area contributed by atoms with Crippen molar-refractivity contribution in [2.45, 2.75) is 6.42 Å². The van der Waals surface area contributed by atoms with E-state index in [2.05, 4.69) is 5.32 Å². The third-order valence-corrected chi connectivity index (χ3v) is 4.92. The van der Waals surface area contributed by atoms with Gasteiger partial charge in [0.05, 0.1) is 11.4 Å². The average molecular weight is 456 g/mol. The first-order valence-corrected chi connectivity index (χ1v) is 9.91. The molecule has 1 aromatic heterocycles. The summed E-state index contributed by atoms with van der Waals surface area (Å²) in [6.07, 6.45) is -0.118. The molecular weight excluding hydrogens is 441 g/mol. The second-order valence-electron chi connectivity index (χ2n) is 6.71. The van der Waals surface area contributed by atoms with E-state index in [-0.39, 0.29) is 12.2 Å². The highest BCUT2D eigenvalue weighted by Gasteiger charge is 2.13. The number of carboxylic acid groups (broad SMARTS) is 1. The van der Waals surface area contributed by atoms with Crippen molar-refractivity contribution in [2.75, 3.05) is 5.32 Å². The lowest BCUT2D eigenvalue weighted by Crippen LogP contribution is -2.10. The van der Waals surface area contributed by atoms with E-state index < -0.39 is 11.9 Å². The highest BCUT2D eigenvalue weighted by Crippen LogP contribution is 2.31. The fourth-order valence-electron chi connectivity index (χ4n) is 2.96. The first-order chi connectivity index (χ1) is 14.9. The van der Waals surface area contributed by atoms with Crippen molar-refractivity contribution in [1.82, 2.24) is 0 Å². The Morgan fingerprint density at radius 3 is 2.45 bits per heavy atom. The molecule has 0 fully saturated rings. The van der Waals surface area contributed by atoms with E-state index in [0.29, 0.717) is 38.4 Å². The summed E-state index contributed by atoms with van der Waals surface area (Å²) in [5.41, 5.74) is 1.71. The fraction of sp³-hybridized carbons (Fsp3) is 0.0435. The summed E-state index contributed by atoms with van der Waals surface area (Å²) in [6, 6.07) is 18.3. The summed E-state index contributed by atoms with van der Waals surface area (Å²) in [7, 11) is 0. The van der Waals surface area contributed by atoms with Gasteiger partial charge in [0.25, 0.3) is 5.91 Å². The molecule has 1 amide bonds. The van der Waals surface area contributed by atoms with Crippen molar-refractivity contribution in [3.8, 4) is 11.5 Å². The molecule has 0 saturated heterocycles. The summed E-state index contributed by atoms with van der Waals surface area (Å²) < 4.78 is 11.3. The number of amides is 1. The summed E-state index contributed by atoms with van der Waals surface area (Å²) in [5, 5.41) is 13.2. The van der Waals surface area contributed by atoms with Gasteiger partial charge in [0.1, 0.15) is 17.1 Å². The minimum Gasteiger partial charge on any atom is -0.481 e. The second kappa shape index (κ2) is 8.71. The molecule has 0 aliphatic carbocycles. The number of benzene rings is 3. The maximum absolute atomic E-state index is 12.5. The van der Waals surface area contributed by atoms with Crippen LogP contribution in [0.15, 0.2) is 71.1 Å². The predicted octanol–water partition coefficient (Wildman–Crippen LogP) is 6.41. The molecule has 1 heterocycles. The summed E-state index contributed by atoms with van der Waals surface area (Å²) in [5.74, 6) is -0.254. The number of rotatable bonds is 6. The van der Waals surface area contributed by atoms with Crippen molar-refractivity contribution >= 4 is 51.7 Å². The second-order valence-corrected chi connectivity index (χ2v) is 7.55. The Morgan fingerprint density at radius 1 is 0.968 bits per heavy atom. The molecule has 0 aliphatic rings. The molecule has 0 radical (unpaired) electrons. The Bertz CT molecular complexity index is 1280. The highest BCUT2D eigenvalue weighted by atomic mass is 35.5. The minimum atomic E-state index is -0.936. The largest absolute Gasteiger partial charge is 0.481 e. The molecule has 0 spiro atoms. The number of fused-ring (bicyclic) bond motifs is 1.